The Hall–Kier alpha value is -2.50. The first kappa shape index (κ1) is 14.1. The Kier molecular flexibility index (Phi) is 3.25. The van der Waals surface area contributed by atoms with E-state index in [0.29, 0.717) is 21.8 Å². The quantitative estimate of drug-likeness (QED) is 0.633. The zero-order valence-corrected chi connectivity index (χ0v) is 13.2. The van der Waals surface area contributed by atoms with Crippen molar-refractivity contribution in [2.75, 3.05) is 38.1 Å². The second-order valence-corrected chi connectivity index (χ2v) is 5.91. The summed E-state index contributed by atoms with van der Waals surface area (Å²) in [6.07, 6.45) is 1.62. The zero-order valence-electron chi connectivity index (χ0n) is 12.4. The van der Waals surface area contributed by atoms with Crippen LogP contribution in [-0.4, -0.2) is 62.7 Å². The number of hydrogen-bond donors (Lipinski definition) is 0. The minimum Gasteiger partial charge on any atom is -0.359 e. The van der Waals surface area contributed by atoms with Crippen LogP contribution in [0.25, 0.3) is 21.7 Å². The minimum atomic E-state index is 0.156. The predicted molar refractivity (Wildman–Crippen MR) is 87.1 cm³/mol. The smallest absolute Gasteiger partial charge is 0.290 e. The molecule has 0 aliphatic carbocycles. The van der Waals surface area contributed by atoms with E-state index in [0.717, 1.165) is 32.0 Å². The van der Waals surface area contributed by atoms with E-state index in [1.165, 1.54) is 0 Å². The van der Waals surface area contributed by atoms with Crippen LogP contribution in [0.4, 0.5) is 11.6 Å². The lowest BCUT2D eigenvalue weighted by atomic mass is 10.3. The van der Waals surface area contributed by atoms with Crippen molar-refractivity contribution in [1.29, 1.82) is 0 Å². The number of piperazine rings is 1. The van der Waals surface area contributed by atoms with Gasteiger partial charge in [-0.05, 0) is 13.1 Å². The van der Waals surface area contributed by atoms with E-state index in [-0.39, 0.29) is 5.82 Å². The summed E-state index contributed by atoms with van der Waals surface area (Å²) in [5.74, 6) is 0.900. The number of fused-ring (bicyclic) bond motifs is 3. The van der Waals surface area contributed by atoms with Gasteiger partial charge in [0, 0.05) is 26.2 Å². The second kappa shape index (κ2) is 5.30. The third-order valence-electron chi connectivity index (χ3n) is 4.05. The Balaban J connectivity index is 1.94. The van der Waals surface area contributed by atoms with Crippen molar-refractivity contribution in [3.05, 3.63) is 28.8 Å². The lowest BCUT2D eigenvalue weighted by Crippen LogP contribution is -2.45. The molecule has 23 heavy (non-hydrogen) atoms. The van der Waals surface area contributed by atoms with Crippen molar-refractivity contribution in [2.45, 2.75) is 0 Å². The maximum Gasteiger partial charge on any atom is 0.290 e. The fourth-order valence-corrected chi connectivity index (χ4v) is 2.93. The molecule has 0 bridgehead atoms. The summed E-state index contributed by atoms with van der Waals surface area (Å²) >= 11 is 6.10. The molecular weight excluding hydrogens is 316 g/mol. The van der Waals surface area contributed by atoms with E-state index in [9.17, 15) is 0 Å². The molecule has 0 amide bonds. The molecule has 116 valence electrons. The third-order valence-corrected chi connectivity index (χ3v) is 4.32. The van der Waals surface area contributed by atoms with E-state index in [2.05, 4.69) is 41.9 Å². The molecule has 1 fully saturated rings. The van der Waals surface area contributed by atoms with Crippen molar-refractivity contribution in [1.82, 2.24) is 29.5 Å². The molecule has 4 rings (SSSR count). The van der Waals surface area contributed by atoms with Crippen LogP contribution in [0.5, 0.6) is 0 Å². The highest BCUT2D eigenvalue weighted by atomic mass is 35.5. The fourth-order valence-electron chi connectivity index (χ4n) is 2.74. The van der Waals surface area contributed by atoms with Crippen LogP contribution in [0.2, 0.25) is 5.02 Å². The van der Waals surface area contributed by atoms with Gasteiger partial charge in [-0.2, -0.15) is 4.98 Å². The molecule has 0 atom stereocenters. The maximum atomic E-state index is 7.17. The number of likely N-dealkylation sites (N-methyl/N-ethyl adjacent to an activating group) is 1. The van der Waals surface area contributed by atoms with Crippen molar-refractivity contribution in [3.8, 4) is 0 Å². The van der Waals surface area contributed by atoms with Crippen LogP contribution in [0, 0.1) is 6.57 Å². The molecule has 9 heteroatoms. The lowest BCUT2D eigenvalue weighted by molar-refractivity contribution is 0.312. The monoisotopic (exact) mass is 328 g/mol. The Labute approximate surface area is 137 Å². The van der Waals surface area contributed by atoms with Gasteiger partial charge < -0.3 is 14.6 Å². The van der Waals surface area contributed by atoms with Gasteiger partial charge in [-0.15, -0.1) is 10.2 Å². The first-order chi connectivity index (χ1) is 11.2. The number of hydrogen-bond acceptors (Lipinski definition) is 6. The predicted octanol–water partition coefficient (Wildman–Crippen LogP) is 1.63. The molecule has 1 aliphatic rings. The summed E-state index contributed by atoms with van der Waals surface area (Å²) in [7, 11) is 2.10. The molecule has 3 aromatic rings. The largest absolute Gasteiger partial charge is 0.359 e. The normalized spacial score (nSPS) is 16.1. The topological polar surface area (TPSA) is 66.8 Å². The van der Waals surface area contributed by atoms with E-state index in [1.807, 2.05) is 4.40 Å². The Morgan fingerprint density at radius 3 is 2.74 bits per heavy atom. The van der Waals surface area contributed by atoms with Crippen LogP contribution in [0.15, 0.2) is 12.4 Å². The van der Waals surface area contributed by atoms with Gasteiger partial charge in [-0.3, -0.25) is 4.40 Å². The van der Waals surface area contributed by atoms with Crippen LogP contribution in [-0.2, 0) is 0 Å². The summed E-state index contributed by atoms with van der Waals surface area (Å²) in [5.41, 5.74) is 1.84. The summed E-state index contributed by atoms with van der Waals surface area (Å²) in [5, 5.41) is 8.50. The van der Waals surface area contributed by atoms with E-state index in [1.54, 1.807) is 12.4 Å². The molecule has 1 saturated heterocycles. The number of halogens is 1. The number of nitrogens with zero attached hydrogens (tertiary/aromatic N) is 8. The molecule has 1 aliphatic heterocycles. The average molecular weight is 329 g/mol. The maximum absolute atomic E-state index is 7.17. The Morgan fingerprint density at radius 2 is 2.00 bits per heavy atom. The van der Waals surface area contributed by atoms with Gasteiger partial charge in [-0.25, -0.2) is 0 Å². The van der Waals surface area contributed by atoms with Crippen LogP contribution < -0.4 is 4.90 Å². The van der Waals surface area contributed by atoms with Crippen molar-refractivity contribution < 1.29 is 0 Å². The molecule has 0 radical (unpaired) electrons. The summed E-state index contributed by atoms with van der Waals surface area (Å²) in [6, 6.07) is 1.69. The number of anilines is 1. The minimum absolute atomic E-state index is 0.156. The highest BCUT2D eigenvalue weighted by molar-refractivity contribution is 6.33. The summed E-state index contributed by atoms with van der Waals surface area (Å²) < 4.78 is 1.82. The summed E-state index contributed by atoms with van der Waals surface area (Å²) in [6.45, 7) is 10.8. The van der Waals surface area contributed by atoms with Gasteiger partial charge in [-0.1, -0.05) is 23.2 Å². The molecule has 4 heterocycles. The molecular formula is C14H13ClN8. The number of aromatic nitrogens is 5. The van der Waals surface area contributed by atoms with Gasteiger partial charge in [0.25, 0.3) is 11.5 Å². The lowest BCUT2D eigenvalue weighted by Gasteiger charge is -2.33. The van der Waals surface area contributed by atoms with E-state index in [4.69, 9.17) is 18.2 Å². The first-order valence-corrected chi connectivity index (χ1v) is 7.56. The molecule has 0 unspecified atom stereocenters. The van der Waals surface area contributed by atoms with Gasteiger partial charge in [0.2, 0.25) is 5.65 Å². The molecule has 0 N–H and O–H groups in total. The van der Waals surface area contributed by atoms with Crippen molar-refractivity contribution in [3.63, 3.8) is 0 Å². The molecule has 0 saturated carbocycles. The van der Waals surface area contributed by atoms with Gasteiger partial charge >= 0.3 is 0 Å². The van der Waals surface area contributed by atoms with Crippen molar-refractivity contribution >= 4 is 40.0 Å². The van der Waals surface area contributed by atoms with Crippen molar-refractivity contribution in [2.24, 2.45) is 0 Å². The fraction of sp³-hybridized carbons (Fsp3) is 0.357. The van der Waals surface area contributed by atoms with Crippen LogP contribution >= 0.6 is 11.6 Å². The second-order valence-electron chi connectivity index (χ2n) is 5.50. The summed E-state index contributed by atoms with van der Waals surface area (Å²) in [4.78, 5) is 16.7. The van der Waals surface area contributed by atoms with E-state index < -0.39 is 0 Å². The zero-order chi connectivity index (χ0) is 16.0. The van der Waals surface area contributed by atoms with Gasteiger partial charge in [0.1, 0.15) is 11.8 Å². The Bertz CT molecular complexity index is 935. The number of rotatable bonds is 1. The standard InChI is InChI=1S/C14H13ClN8/c1-16-11-9(15)7-10-12(18-11)19-13(14-20-17-8-23(10)14)22-5-3-21(2)4-6-22/h7-8H,3-6H2,2H3. The highest BCUT2D eigenvalue weighted by Crippen LogP contribution is 2.29. The van der Waals surface area contributed by atoms with Crippen LogP contribution in [0.1, 0.15) is 0 Å². The van der Waals surface area contributed by atoms with Gasteiger partial charge in [0.15, 0.2) is 5.82 Å². The van der Waals surface area contributed by atoms with Gasteiger partial charge in [0.05, 0.1) is 5.02 Å². The van der Waals surface area contributed by atoms with E-state index >= 15 is 0 Å². The molecule has 0 spiro atoms. The molecule has 3 aromatic heterocycles. The first-order valence-electron chi connectivity index (χ1n) is 7.18. The third kappa shape index (κ3) is 2.25. The highest BCUT2D eigenvalue weighted by Gasteiger charge is 2.22. The average Bonchev–Trinajstić information content (AvgIpc) is 3.04. The molecule has 0 aromatic carbocycles. The SMILES string of the molecule is [C-]#[N+]c1nc2nc(N3CCN(C)CC3)c3nncn3c2cc1Cl. The number of pyridine rings is 1. The Morgan fingerprint density at radius 1 is 1.22 bits per heavy atom. The van der Waals surface area contributed by atoms with Crippen LogP contribution in [0.3, 0.4) is 0 Å². The molecule has 8 nitrogen and oxygen atoms in total.